The van der Waals surface area contributed by atoms with Gasteiger partial charge >= 0.3 is 0 Å². The molecule has 0 saturated heterocycles. The van der Waals surface area contributed by atoms with E-state index in [1.165, 1.54) is 31.2 Å². The summed E-state index contributed by atoms with van der Waals surface area (Å²) in [6.07, 6.45) is 10.4. The van der Waals surface area contributed by atoms with Gasteiger partial charge in [-0.1, -0.05) is 23.8 Å². The Hall–Kier alpha value is -2.56. The van der Waals surface area contributed by atoms with Gasteiger partial charge in [-0.3, -0.25) is 0 Å². The van der Waals surface area contributed by atoms with Crippen molar-refractivity contribution in [1.29, 1.82) is 0 Å². The van der Waals surface area contributed by atoms with E-state index in [0.717, 1.165) is 24.5 Å². The van der Waals surface area contributed by atoms with Gasteiger partial charge in [-0.2, -0.15) is 4.98 Å². The molecule has 0 saturated carbocycles. The lowest BCUT2D eigenvalue weighted by atomic mass is 9.97. The normalized spacial score (nSPS) is 13.9. The average molecular weight is 338 g/mol. The molecule has 1 aromatic heterocycles. The van der Waals surface area contributed by atoms with Crippen molar-refractivity contribution in [3.05, 3.63) is 53.7 Å². The van der Waals surface area contributed by atoms with Gasteiger partial charge in [0.1, 0.15) is 11.6 Å². The van der Waals surface area contributed by atoms with E-state index < -0.39 is 0 Å². The minimum absolute atomic E-state index is 0.677. The first-order chi connectivity index (χ1) is 12.3. The standard InChI is InChI=1S/C20H26N4O/c1-25-18-9-7-17(8-10-18)15-23-19-12-14-22-20(24-19)21-13-11-16-5-3-2-4-6-16/h5,7-10,12,14H,2-4,6,11,13,15H2,1H3,(H2,21,22,23,24). The summed E-state index contributed by atoms with van der Waals surface area (Å²) in [4.78, 5) is 8.83. The Labute approximate surface area is 149 Å². The molecule has 1 aliphatic carbocycles. The van der Waals surface area contributed by atoms with Gasteiger partial charge in [-0.25, -0.2) is 4.98 Å². The third-order valence-electron chi connectivity index (χ3n) is 4.40. The molecule has 0 unspecified atom stereocenters. The molecule has 0 spiro atoms. The van der Waals surface area contributed by atoms with E-state index in [-0.39, 0.29) is 0 Å². The van der Waals surface area contributed by atoms with E-state index in [0.29, 0.717) is 12.5 Å². The van der Waals surface area contributed by atoms with Gasteiger partial charge in [0.2, 0.25) is 5.95 Å². The van der Waals surface area contributed by atoms with Crippen molar-refractivity contribution in [1.82, 2.24) is 9.97 Å². The zero-order valence-electron chi connectivity index (χ0n) is 14.8. The molecule has 0 atom stereocenters. The van der Waals surface area contributed by atoms with Crippen molar-refractivity contribution in [2.45, 2.75) is 38.6 Å². The molecule has 0 radical (unpaired) electrons. The number of aromatic nitrogens is 2. The average Bonchev–Trinajstić information content (AvgIpc) is 2.68. The number of anilines is 2. The molecule has 0 fully saturated rings. The number of hydrogen-bond acceptors (Lipinski definition) is 5. The van der Waals surface area contributed by atoms with E-state index in [1.54, 1.807) is 18.9 Å². The zero-order chi connectivity index (χ0) is 17.3. The Morgan fingerprint density at radius 2 is 1.96 bits per heavy atom. The van der Waals surface area contributed by atoms with Crippen LogP contribution in [0, 0.1) is 0 Å². The quantitative estimate of drug-likeness (QED) is 0.699. The number of ether oxygens (including phenoxy) is 1. The Balaban J connectivity index is 1.47. The molecule has 2 aromatic rings. The molecule has 5 heteroatoms. The molecular weight excluding hydrogens is 312 g/mol. The summed E-state index contributed by atoms with van der Waals surface area (Å²) >= 11 is 0. The predicted octanol–water partition coefficient (Wildman–Crippen LogP) is 4.40. The Bertz CT molecular complexity index is 697. The molecule has 0 amide bonds. The highest BCUT2D eigenvalue weighted by atomic mass is 16.5. The van der Waals surface area contributed by atoms with E-state index in [2.05, 4.69) is 26.7 Å². The summed E-state index contributed by atoms with van der Waals surface area (Å²) in [5.74, 6) is 2.37. The summed E-state index contributed by atoms with van der Waals surface area (Å²) < 4.78 is 5.18. The van der Waals surface area contributed by atoms with Crippen LogP contribution in [0.4, 0.5) is 11.8 Å². The fraction of sp³-hybridized carbons (Fsp3) is 0.400. The Kier molecular flexibility index (Phi) is 6.26. The van der Waals surface area contributed by atoms with Gasteiger partial charge in [0.25, 0.3) is 0 Å². The highest BCUT2D eigenvalue weighted by molar-refractivity contribution is 5.40. The van der Waals surface area contributed by atoms with Crippen molar-refractivity contribution in [2.75, 3.05) is 24.3 Å². The monoisotopic (exact) mass is 338 g/mol. The molecule has 2 N–H and O–H groups in total. The topological polar surface area (TPSA) is 59.1 Å². The number of allylic oxidation sites excluding steroid dienone is 1. The van der Waals surface area contributed by atoms with Gasteiger partial charge in [0, 0.05) is 19.3 Å². The fourth-order valence-corrected chi connectivity index (χ4v) is 2.94. The number of nitrogens with zero attached hydrogens (tertiary/aromatic N) is 2. The molecule has 132 valence electrons. The number of nitrogens with one attached hydrogen (secondary N) is 2. The van der Waals surface area contributed by atoms with Crippen LogP contribution >= 0.6 is 0 Å². The first-order valence-electron chi connectivity index (χ1n) is 8.95. The van der Waals surface area contributed by atoms with Gasteiger partial charge in [0.15, 0.2) is 0 Å². The second-order valence-corrected chi connectivity index (χ2v) is 6.25. The molecule has 25 heavy (non-hydrogen) atoms. The second kappa shape index (κ2) is 9.06. The maximum absolute atomic E-state index is 5.18. The first-order valence-corrected chi connectivity index (χ1v) is 8.95. The van der Waals surface area contributed by atoms with Crippen molar-refractivity contribution in [3.63, 3.8) is 0 Å². The van der Waals surface area contributed by atoms with Crippen molar-refractivity contribution in [3.8, 4) is 5.75 Å². The number of hydrogen-bond donors (Lipinski definition) is 2. The predicted molar refractivity (Wildman–Crippen MR) is 102 cm³/mol. The fourth-order valence-electron chi connectivity index (χ4n) is 2.94. The summed E-state index contributed by atoms with van der Waals surface area (Å²) in [7, 11) is 1.67. The van der Waals surface area contributed by atoms with Crippen molar-refractivity contribution < 1.29 is 4.74 Å². The molecule has 0 aliphatic heterocycles. The minimum Gasteiger partial charge on any atom is -0.497 e. The highest BCUT2D eigenvalue weighted by Crippen LogP contribution is 2.20. The van der Waals surface area contributed by atoms with Crippen LogP contribution in [-0.4, -0.2) is 23.6 Å². The maximum atomic E-state index is 5.18. The van der Waals surface area contributed by atoms with Crippen molar-refractivity contribution >= 4 is 11.8 Å². The van der Waals surface area contributed by atoms with Crippen LogP contribution in [0.5, 0.6) is 5.75 Å². The van der Waals surface area contributed by atoms with Gasteiger partial charge in [-0.15, -0.1) is 0 Å². The Morgan fingerprint density at radius 3 is 2.72 bits per heavy atom. The largest absolute Gasteiger partial charge is 0.497 e. The van der Waals surface area contributed by atoms with Crippen LogP contribution < -0.4 is 15.4 Å². The molecule has 1 aliphatic rings. The summed E-state index contributed by atoms with van der Waals surface area (Å²) in [5.41, 5.74) is 2.74. The van der Waals surface area contributed by atoms with E-state index in [1.807, 2.05) is 30.3 Å². The van der Waals surface area contributed by atoms with E-state index in [9.17, 15) is 0 Å². The summed E-state index contributed by atoms with van der Waals surface area (Å²) in [6.45, 7) is 1.60. The number of rotatable bonds is 8. The highest BCUT2D eigenvalue weighted by Gasteiger charge is 2.04. The Morgan fingerprint density at radius 1 is 1.08 bits per heavy atom. The molecule has 3 rings (SSSR count). The van der Waals surface area contributed by atoms with Crippen LogP contribution in [0.1, 0.15) is 37.7 Å². The molecule has 0 bridgehead atoms. The molecule has 1 heterocycles. The molecule has 1 aromatic carbocycles. The molecular formula is C20H26N4O. The SMILES string of the molecule is COc1ccc(CNc2ccnc(NCCC3=CCCCC3)n2)cc1. The van der Waals surface area contributed by atoms with Crippen LogP contribution in [-0.2, 0) is 6.54 Å². The third-order valence-corrected chi connectivity index (χ3v) is 4.40. The number of benzene rings is 1. The van der Waals surface area contributed by atoms with Crippen LogP contribution in [0.3, 0.4) is 0 Å². The van der Waals surface area contributed by atoms with Crippen molar-refractivity contribution in [2.24, 2.45) is 0 Å². The van der Waals surface area contributed by atoms with E-state index >= 15 is 0 Å². The maximum Gasteiger partial charge on any atom is 0.224 e. The van der Waals surface area contributed by atoms with Crippen LogP contribution in [0.2, 0.25) is 0 Å². The van der Waals surface area contributed by atoms with Gasteiger partial charge in [-0.05, 0) is 55.9 Å². The van der Waals surface area contributed by atoms with Crippen LogP contribution in [0.25, 0.3) is 0 Å². The lowest BCUT2D eigenvalue weighted by Crippen LogP contribution is -2.09. The lowest BCUT2D eigenvalue weighted by Gasteiger charge is -2.13. The summed E-state index contributed by atoms with van der Waals surface area (Å²) in [6, 6.07) is 9.90. The lowest BCUT2D eigenvalue weighted by molar-refractivity contribution is 0.414. The van der Waals surface area contributed by atoms with E-state index in [4.69, 9.17) is 4.74 Å². The summed E-state index contributed by atoms with van der Waals surface area (Å²) in [5, 5.41) is 6.66. The molecule has 5 nitrogen and oxygen atoms in total. The zero-order valence-corrected chi connectivity index (χ0v) is 14.8. The van der Waals surface area contributed by atoms with Crippen LogP contribution in [0.15, 0.2) is 48.2 Å². The van der Waals surface area contributed by atoms with Gasteiger partial charge < -0.3 is 15.4 Å². The first kappa shape index (κ1) is 17.3. The third kappa shape index (κ3) is 5.48. The smallest absolute Gasteiger partial charge is 0.224 e. The minimum atomic E-state index is 0.677. The van der Waals surface area contributed by atoms with Gasteiger partial charge in [0.05, 0.1) is 7.11 Å². The number of methoxy groups -OCH3 is 1. The second-order valence-electron chi connectivity index (χ2n) is 6.25.